The summed E-state index contributed by atoms with van der Waals surface area (Å²) in [5, 5.41) is 8.61. The molecule has 0 fully saturated rings. The van der Waals surface area contributed by atoms with Crippen LogP contribution in [-0.2, 0) is 13.6 Å². The van der Waals surface area contributed by atoms with Crippen LogP contribution in [0.25, 0.3) is 10.8 Å². The minimum absolute atomic E-state index is 0.181. The fourth-order valence-electron chi connectivity index (χ4n) is 4.01. The number of rotatable bonds is 9. The van der Waals surface area contributed by atoms with Gasteiger partial charge in [-0.3, -0.25) is 9.59 Å². The van der Waals surface area contributed by atoms with Gasteiger partial charge in [-0.15, -0.1) is 0 Å². The summed E-state index contributed by atoms with van der Waals surface area (Å²) in [7, 11) is 3.49. The molecule has 0 bridgehead atoms. The lowest BCUT2D eigenvalue weighted by molar-refractivity contribution is 0.0935. The Bertz CT molecular complexity index is 1340. The van der Waals surface area contributed by atoms with Crippen molar-refractivity contribution in [3.05, 3.63) is 88.4 Å². The van der Waals surface area contributed by atoms with E-state index in [1.54, 1.807) is 37.6 Å². The largest absolute Gasteiger partial charge is 0.497 e. The van der Waals surface area contributed by atoms with Crippen LogP contribution in [0, 0.1) is 0 Å². The van der Waals surface area contributed by atoms with Crippen molar-refractivity contribution in [3.8, 4) is 5.75 Å². The highest BCUT2D eigenvalue weighted by Gasteiger charge is 2.24. The lowest BCUT2D eigenvalue weighted by atomic mass is 10.0. The van der Waals surface area contributed by atoms with E-state index in [1.807, 2.05) is 42.1 Å². The van der Waals surface area contributed by atoms with E-state index in [0.717, 1.165) is 30.6 Å². The molecule has 0 spiro atoms. The van der Waals surface area contributed by atoms with Gasteiger partial charge in [0.25, 0.3) is 11.5 Å². The molecule has 0 aliphatic rings. The second kappa shape index (κ2) is 10.3. The molecule has 0 aliphatic carbocycles. The normalized spacial score (nSPS) is 12.0. The number of amides is 1. The van der Waals surface area contributed by atoms with Crippen molar-refractivity contribution in [1.29, 1.82) is 0 Å². The molecule has 0 radical (unpaired) electrons. The van der Waals surface area contributed by atoms with Crippen molar-refractivity contribution in [2.24, 2.45) is 7.05 Å². The van der Waals surface area contributed by atoms with Gasteiger partial charge in [0.1, 0.15) is 17.6 Å². The van der Waals surface area contributed by atoms with E-state index in [0.29, 0.717) is 23.1 Å². The number of methoxy groups -OCH3 is 1. The van der Waals surface area contributed by atoms with Gasteiger partial charge in [0.15, 0.2) is 5.69 Å². The molecule has 1 N–H and O–H groups in total. The number of ether oxygens (including phenoxy) is 1. The number of hydrogen-bond donors (Lipinski definition) is 1. The first-order valence-electron chi connectivity index (χ1n) is 11.5. The highest BCUT2D eigenvalue weighted by molar-refractivity contribution is 6.05. The Morgan fingerprint density at radius 3 is 2.47 bits per heavy atom. The van der Waals surface area contributed by atoms with Crippen molar-refractivity contribution < 1.29 is 9.53 Å². The van der Waals surface area contributed by atoms with E-state index in [1.165, 1.54) is 4.68 Å². The Labute approximate surface area is 198 Å². The van der Waals surface area contributed by atoms with Gasteiger partial charge in [-0.05, 0) is 30.2 Å². The van der Waals surface area contributed by atoms with Gasteiger partial charge in [0.2, 0.25) is 0 Å². The van der Waals surface area contributed by atoms with E-state index in [2.05, 4.69) is 22.3 Å². The van der Waals surface area contributed by atoms with Crippen LogP contribution in [0.2, 0.25) is 0 Å². The Balaban J connectivity index is 1.75. The van der Waals surface area contributed by atoms with Gasteiger partial charge in [0, 0.05) is 31.4 Å². The SMILES string of the molecule is CCCCCn1nc(C(=O)N[C@@H](c2ccc(OC)cc2)c2nccn2C)c2ccccc2c1=O. The van der Waals surface area contributed by atoms with Crippen LogP contribution >= 0.6 is 0 Å². The van der Waals surface area contributed by atoms with E-state index in [9.17, 15) is 9.59 Å². The number of unbranched alkanes of at least 4 members (excludes halogenated alkanes) is 2. The molecule has 0 saturated heterocycles. The smallest absolute Gasteiger partial charge is 0.274 e. The minimum Gasteiger partial charge on any atom is -0.497 e. The second-order valence-corrected chi connectivity index (χ2v) is 8.21. The molecule has 176 valence electrons. The minimum atomic E-state index is -0.514. The van der Waals surface area contributed by atoms with Crippen LogP contribution in [0.15, 0.2) is 65.7 Å². The van der Waals surface area contributed by atoms with Gasteiger partial charge in [-0.25, -0.2) is 9.67 Å². The maximum atomic E-state index is 13.6. The second-order valence-electron chi connectivity index (χ2n) is 8.21. The lowest BCUT2D eigenvalue weighted by Crippen LogP contribution is -2.34. The molecule has 34 heavy (non-hydrogen) atoms. The van der Waals surface area contributed by atoms with E-state index in [-0.39, 0.29) is 17.2 Å². The quantitative estimate of drug-likeness (QED) is 0.384. The number of aryl methyl sites for hydroxylation is 2. The number of aromatic nitrogens is 4. The van der Waals surface area contributed by atoms with Gasteiger partial charge in [0.05, 0.1) is 12.5 Å². The molecule has 2 aromatic heterocycles. The number of imidazole rings is 1. The number of fused-ring (bicyclic) bond motifs is 1. The third-order valence-corrected chi connectivity index (χ3v) is 5.90. The molecular formula is C26H29N5O3. The molecule has 0 unspecified atom stereocenters. The summed E-state index contributed by atoms with van der Waals surface area (Å²) < 4.78 is 8.56. The van der Waals surface area contributed by atoms with Gasteiger partial charge in [-0.2, -0.15) is 5.10 Å². The van der Waals surface area contributed by atoms with Crippen molar-refractivity contribution in [3.63, 3.8) is 0 Å². The monoisotopic (exact) mass is 459 g/mol. The predicted octanol–water partition coefficient (Wildman–Crippen LogP) is 3.85. The first-order chi connectivity index (χ1) is 16.5. The Kier molecular flexibility index (Phi) is 7.06. The molecule has 8 heteroatoms. The topological polar surface area (TPSA) is 91.0 Å². The molecule has 0 saturated carbocycles. The molecular weight excluding hydrogens is 430 g/mol. The molecule has 8 nitrogen and oxygen atoms in total. The highest BCUT2D eigenvalue weighted by atomic mass is 16.5. The summed E-state index contributed by atoms with van der Waals surface area (Å²) in [6, 6.07) is 14.1. The molecule has 4 rings (SSSR count). The van der Waals surface area contributed by atoms with Crippen LogP contribution in [0.1, 0.15) is 54.1 Å². The van der Waals surface area contributed by atoms with Crippen molar-refractivity contribution in [2.45, 2.75) is 38.8 Å². The number of carbonyl (C=O) groups is 1. The number of carbonyl (C=O) groups excluding carboxylic acids is 1. The predicted molar refractivity (Wildman–Crippen MR) is 131 cm³/mol. The van der Waals surface area contributed by atoms with Crippen molar-refractivity contribution >= 4 is 16.7 Å². The molecule has 1 atom stereocenters. The zero-order chi connectivity index (χ0) is 24.1. The summed E-state index contributed by atoms with van der Waals surface area (Å²) in [5.41, 5.74) is 0.891. The summed E-state index contributed by atoms with van der Waals surface area (Å²) in [5.74, 6) is 1.03. The average Bonchev–Trinajstić information content (AvgIpc) is 3.29. The summed E-state index contributed by atoms with van der Waals surface area (Å²) in [4.78, 5) is 31.1. The summed E-state index contributed by atoms with van der Waals surface area (Å²) >= 11 is 0. The third-order valence-electron chi connectivity index (χ3n) is 5.90. The average molecular weight is 460 g/mol. The van der Waals surface area contributed by atoms with E-state index in [4.69, 9.17) is 4.74 Å². The molecule has 0 aliphatic heterocycles. The summed E-state index contributed by atoms with van der Waals surface area (Å²) in [6.45, 7) is 2.57. The first-order valence-corrected chi connectivity index (χ1v) is 11.5. The third kappa shape index (κ3) is 4.71. The molecule has 2 aromatic carbocycles. The number of hydrogen-bond acceptors (Lipinski definition) is 5. The van der Waals surface area contributed by atoms with E-state index < -0.39 is 6.04 Å². The van der Waals surface area contributed by atoms with Crippen LogP contribution < -0.4 is 15.6 Å². The summed E-state index contributed by atoms with van der Waals surface area (Å²) in [6.07, 6.45) is 6.37. The van der Waals surface area contributed by atoms with Gasteiger partial charge in [-0.1, -0.05) is 50.1 Å². The maximum absolute atomic E-state index is 13.6. The maximum Gasteiger partial charge on any atom is 0.274 e. The van der Waals surface area contributed by atoms with Crippen LogP contribution in [0.5, 0.6) is 5.75 Å². The van der Waals surface area contributed by atoms with Crippen LogP contribution in [0.3, 0.4) is 0 Å². The first kappa shape index (κ1) is 23.2. The molecule has 1 amide bonds. The number of nitrogens with one attached hydrogen (secondary N) is 1. The Morgan fingerprint density at radius 1 is 1.09 bits per heavy atom. The fourth-order valence-corrected chi connectivity index (χ4v) is 4.01. The van der Waals surface area contributed by atoms with Crippen LogP contribution in [0.4, 0.5) is 0 Å². The fraction of sp³-hybridized carbons (Fsp3) is 0.308. The Hall–Kier alpha value is -3.94. The zero-order valence-electron chi connectivity index (χ0n) is 19.7. The van der Waals surface area contributed by atoms with Gasteiger partial charge >= 0.3 is 0 Å². The van der Waals surface area contributed by atoms with Crippen molar-refractivity contribution in [2.75, 3.05) is 7.11 Å². The number of nitrogens with zero attached hydrogens (tertiary/aromatic N) is 4. The zero-order valence-corrected chi connectivity index (χ0v) is 19.7. The Morgan fingerprint density at radius 2 is 1.82 bits per heavy atom. The van der Waals surface area contributed by atoms with E-state index >= 15 is 0 Å². The lowest BCUT2D eigenvalue weighted by Gasteiger charge is -2.20. The molecule has 2 heterocycles. The molecule has 4 aromatic rings. The highest BCUT2D eigenvalue weighted by Crippen LogP contribution is 2.24. The van der Waals surface area contributed by atoms with Gasteiger partial charge < -0.3 is 14.6 Å². The van der Waals surface area contributed by atoms with Crippen molar-refractivity contribution in [1.82, 2.24) is 24.6 Å². The standard InChI is InChI=1S/C26H29N5O3/c1-4-5-8-16-31-26(33)21-10-7-6-9-20(21)23(29-31)25(32)28-22(24-27-15-17-30(24)2)18-11-13-19(34-3)14-12-18/h6-7,9-15,17,22H,4-5,8,16H2,1-3H3,(H,28,32)/t22-/m0/s1. The number of benzene rings is 2. The van der Waals surface area contributed by atoms with Crippen LogP contribution in [-0.4, -0.2) is 32.3 Å².